The summed E-state index contributed by atoms with van der Waals surface area (Å²) < 4.78 is 6.43. The molecule has 0 aliphatic carbocycles. The fourth-order valence-electron chi connectivity index (χ4n) is 2.05. The second-order valence-electron chi connectivity index (χ2n) is 4.58. The van der Waals surface area contributed by atoms with Gasteiger partial charge in [0.1, 0.15) is 5.75 Å². The highest BCUT2D eigenvalue weighted by molar-refractivity contribution is 9.10. The molecular formula is C16H17BrClNO. The van der Waals surface area contributed by atoms with Crippen molar-refractivity contribution in [3.63, 3.8) is 0 Å². The van der Waals surface area contributed by atoms with Gasteiger partial charge >= 0.3 is 0 Å². The Hall–Kier alpha value is -1.03. The Bertz CT molecular complexity index is 588. The molecule has 2 rings (SSSR count). The van der Waals surface area contributed by atoms with Gasteiger partial charge in [-0.3, -0.25) is 0 Å². The number of ether oxygens (including phenoxy) is 1. The molecule has 0 aliphatic rings. The summed E-state index contributed by atoms with van der Waals surface area (Å²) in [5.41, 5.74) is 2.21. The largest absolute Gasteiger partial charge is 0.496 e. The van der Waals surface area contributed by atoms with Gasteiger partial charge in [-0.05, 0) is 36.8 Å². The zero-order valence-corrected chi connectivity index (χ0v) is 13.8. The van der Waals surface area contributed by atoms with Crippen molar-refractivity contribution >= 4 is 27.5 Å². The molecule has 20 heavy (non-hydrogen) atoms. The lowest BCUT2D eigenvalue weighted by Gasteiger charge is -2.17. The number of nitrogens with one attached hydrogen (secondary N) is 1. The van der Waals surface area contributed by atoms with Crippen LogP contribution < -0.4 is 10.1 Å². The van der Waals surface area contributed by atoms with Gasteiger partial charge < -0.3 is 10.1 Å². The lowest BCUT2D eigenvalue weighted by Crippen LogP contribution is -2.18. The summed E-state index contributed by atoms with van der Waals surface area (Å²) in [5, 5.41) is 4.19. The summed E-state index contributed by atoms with van der Waals surface area (Å²) in [5.74, 6) is 0.812. The molecular weight excluding hydrogens is 338 g/mol. The van der Waals surface area contributed by atoms with E-state index in [1.165, 1.54) is 5.56 Å². The summed E-state index contributed by atoms with van der Waals surface area (Å²) in [6.45, 7) is 2.79. The quantitative estimate of drug-likeness (QED) is 0.819. The number of benzene rings is 2. The molecule has 0 radical (unpaired) electrons. The van der Waals surface area contributed by atoms with Gasteiger partial charge in [0.2, 0.25) is 0 Å². The molecule has 0 aromatic heterocycles. The Labute approximate surface area is 133 Å². The van der Waals surface area contributed by atoms with Crippen LogP contribution in [0.2, 0.25) is 5.02 Å². The Balaban J connectivity index is 2.09. The van der Waals surface area contributed by atoms with Gasteiger partial charge in [0.25, 0.3) is 0 Å². The van der Waals surface area contributed by atoms with E-state index in [2.05, 4.69) is 40.3 Å². The first-order chi connectivity index (χ1) is 9.61. The Morgan fingerprint density at radius 1 is 1.25 bits per heavy atom. The van der Waals surface area contributed by atoms with Crippen LogP contribution in [0.1, 0.15) is 24.1 Å². The number of rotatable bonds is 5. The number of halogens is 2. The normalized spacial score (nSPS) is 12.2. The van der Waals surface area contributed by atoms with Crippen LogP contribution in [0, 0.1) is 0 Å². The third kappa shape index (κ3) is 3.75. The molecule has 0 spiro atoms. The highest BCUT2D eigenvalue weighted by Crippen LogP contribution is 2.27. The molecule has 0 amide bonds. The SMILES string of the molecule is COc1cccc(Cl)c1CN[C@H](C)c1cccc(Br)c1. The van der Waals surface area contributed by atoms with E-state index in [0.29, 0.717) is 6.54 Å². The van der Waals surface area contributed by atoms with Crippen molar-refractivity contribution in [3.05, 3.63) is 63.1 Å². The molecule has 4 heteroatoms. The maximum absolute atomic E-state index is 6.24. The fourth-order valence-corrected chi connectivity index (χ4v) is 2.70. The molecule has 0 fully saturated rings. The summed E-state index contributed by atoms with van der Waals surface area (Å²) in [7, 11) is 1.66. The van der Waals surface area contributed by atoms with Crippen LogP contribution in [0.5, 0.6) is 5.75 Å². The van der Waals surface area contributed by atoms with E-state index >= 15 is 0 Å². The lowest BCUT2D eigenvalue weighted by atomic mass is 10.1. The summed E-state index contributed by atoms with van der Waals surface area (Å²) >= 11 is 9.73. The predicted molar refractivity (Wildman–Crippen MR) is 87.4 cm³/mol. The second kappa shape index (κ2) is 7.11. The van der Waals surface area contributed by atoms with Crippen molar-refractivity contribution in [1.29, 1.82) is 0 Å². The van der Waals surface area contributed by atoms with E-state index in [1.807, 2.05) is 30.3 Å². The van der Waals surface area contributed by atoms with Gasteiger partial charge in [-0.2, -0.15) is 0 Å². The molecule has 0 heterocycles. The number of hydrogen-bond donors (Lipinski definition) is 1. The molecule has 2 nitrogen and oxygen atoms in total. The predicted octanol–water partition coefficient (Wildman–Crippen LogP) is 4.96. The molecule has 0 saturated carbocycles. The molecule has 106 valence electrons. The van der Waals surface area contributed by atoms with E-state index in [4.69, 9.17) is 16.3 Å². The van der Waals surface area contributed by atoms with Gasteiger partial charge in [-0.1, -0.05) is 45.7 Å². The van der Waals surface area contributed by atoms with Crippen LogP contribution in [-0.4, -0.2) is 7.11 Å². The molecule has 2 aromatic carbocycles. The van der Waals surface area contributed by atoms with Gasteiger partial charge in [0.05, 0.1) is 7.11 Å². The van der Waals surface area contributed by atoms with E-state index in [9.17, 15) is 0 Å². The Morgan fingerprint density at radius 3 is 2.70 bits per heavy atom. The minimum Gasteiger partial charge on any atom is -0.496 e. The summed E-state index contributed by atoms with van der Waals surface area (Å²) in [6.07, 6.45) is 0. The molecule has 1 N–H and O–H groups in total. The van der Waals surface area contributed by atoms with Crippen LogP contribution >= 0.6 is 27.5 Å². The smallest absolute Gasteiger partial charge is 0.124 e. The highest BCUT2D eigenvalue weighted by Gasteiger charge is 2.10. The van der Waals surface area contributed by atoms with E-state index in [1.54, 1.807) is 7.11 Å². The molecule has 1 atom stereocenters. The maximum atomic E-state index is 6.24. The standard InChI is InChI=1S/C16H17BrClNO/c1-11(12-5-3-6-13(17)9-12)19-10-14-15(18)7-4-8-16(14)20-2/h3-9,11,19H,10H2,1-2H3/t11-/m1/s1. The van der Waals surface area contributed by atoms with Crippen molar-refractivity contribution in [2.24, 2.45) is 0 Å². The number of methoxy groups -OCH3 is 1. The summed E-state index contributed by atoms with van der Waals surface area (Å²) in [6, 6.07) is 14.2. The molecule has 0 aliphatic heterocycles. The van der Waals surface area contributed by atoms with Crippen LogP contribution in [0.4, 0.5) is 0 Å². The minimum atomic E-state index is 0.230. The van der Waals surface area contributed by atoms with Gasteiger partial charge in [-0.15, -0.1) is 0 Å². The fraction of sp³-hybridized carbons (Fsp3) is 0.250. The van der Waals surface area contributed by atoms with E-state index in [0.717, 1.165) is 20.8 Å². The van der Waals surface area contributed by atoms with Gasteiger partial charge in [-0.25, -0.2) is 0 Å². The minimum absolute atomic E-state index is 0.230. The van der Waals surface area contributed by atoms with Crippen LogP contribution in [0.3, 0.4) is 0 Å². The van der Waals surface area contributed by atoms with Crippen molar-refractivity contribution < 1.29 is 4.74 Å². The zero-order chi connectivity index (χ0) is 14.5. The average molecular weight is 355 g/mol. The molecule has 0 saturated heterocycles. The third-order valence-electron chi connectivity index (χ3n) is 3.23. The van der Waals surface area contributed by atoms with Gasteiger partial charge in [0.15, 0.2) is 0 Å². The molecule has 0 bridgehead atoms. The topological polar surface area (TPSA) is 21.3 Å². The van der Waals surface area contributed by atoms with Crippen LogP contribution in [0.15, 0.2) is 46.9 Å². The van der Waals surface area contributed by atoms with E-state index in [-0.39, 0.29) is 6.04 Å². The van der Waals surface area contributed by atoms with Crippen molar-refractivity contribution in [2.45, 2.75) is 19.5 Å². The highest BCUT2D eigenvalue weighted by atomic mass is 79.9. The van der Waals surface area contributed by atoms with Crippen LogP contribution in [-0.2, 0) is 6.54 Å². The van der Waals surface area contributed by atoms with E-state index < -0.39 is 0 Å². The second-order valence-corrected chi connectivity index (χ2v) is 5.90. The first kappa shape index (κ1) is 15.4. The van der Waals surface area contributed by atoms with Crippen LogP contribution in [0.25, 0.3) is 0 Å². The van der Waals surface area contributed by atoms with Crippen molar-refractivity contribution in [3.8, 4) is 5.75 Å². The maximum Gasteiger partial charge on any atom is 0.124 e. The zero-order valence-electron chi connectivity index (χ0n) is 11.5. The number of hydrogen-bond acceptors (Lipinski definition) is 2. The Morgan fingerprint density at radius 2 is 2.00 bits per heavy atom. The van der Waals surface area contributed by atoms with Crippen molar-refractivity contribution in [2.75, 3.05) is 7.11 Å². The average Bonchev–Trinajstić information content (AvgIpc) is 2.45. The summed E-state index contributed by atoms with van der Waals surface area (Å²) in [4.78, 5) is 0. The lowest BCUT2D eigenvalue weighted by molar-refractivity contribution is 0.406. The van der Waals surface area contributed by atoms with Crippen molar-refractivity contribution in [1.82, 2.24) is 5.32 Å². The molecule has 0 unspecified atom stereocenters. The first-order valence-corrected chi connectivity index (χ1v) is 7.59. The Kier molecular flexibility index (Phi) is 5.46. The van der Waals surface area contributed by atoms with Gasteiger partial charge in [0, 0.05) is 27.6 Å². The monoisotopic (exact) mass is 353 g/mol. The third-order valence-corrected chi connectivity index (χ3v) is 4.08. The molecule has 2 aromatic rings. The first-order valence-electron chi connectivity index (χ1n) is 6.42.